The van der Waals surface area contributed by atoms with Crippen LogP contribution in [0.5, 0.6) is 0 Å². The molecule has 1 heterocycles. The van der Waals surface area contributed by atoms with Gasteiger partial charge in [0.1, 0.15) is 11.3 Å². The molecular weight excluding hydrogens is 280 g/mol. The van der Waals surface area contributed by atoms with E-state index in [0.717, 1.165) is 5.56 Å². The first-order valence-corrected chi connectivity index (χ1v) is 7.00. The van der Waals surface area contributed by atoms with Gasteiger partial charge in [0.15, 0.2) is 11.0 Å². The van der Waals surface area contributed by atoms with Gasteiger partial charge in [-0.25, -0.2) is 4.79 Å². The fourth-order valence-corrected chi connectivity index (χ4v) is 2.29. The molecule has 0 unspecified atom stereocenters. The summed E-state index contributed by atoms with van der Waals surface area (Å²) in [7, 11) is 0. The van der Waals surface area contributed by atoms with Crippen LogP contribution in [0.25, 0.3) is 22.3 Å². The molecule has 0 atom stereocenters. The molecule has 0 amide bonds. The van der Waals surface area contributed by atoms with Gasteiger partial charge in [-0.1, -0.05) is 36.4 Å². The first-order chi connectivity index (χ1) is 10.7. The Bertz CT molecular complexity index is 878. The molecule has 0 aliphatic carbocycles. The number of carbonyl (C=O) groups is 1. The van der Waals surface area contributed by atoms with Gasteiger partial charge in [0.05, 0.1) is 12.0 Å². The average molecular weight is 294 g/mol. The van der Waals surface area contributed by atoms with Crippen molar-refractivity contribution in [3.8, 4) is 11.3 Å². The van der Waals surface area contributed by atoms with E-state index in [1.807, 2.05) is 30.3 Å². The lowest BCUT2D eigenvalue weighted by Gasteiger charge is -2.07. The summed E-state index contributed by atoms with van der Waals surface area (Å²) in [5.74, 6) is -0.0729. The van der Waals surface area contributed by atoms with Crippen LogP contribution in [0.2, 0.25) is 0 Å². The highest BCUT2D eigenvalue weighted by molar-refractivity contribution is 6.02. The summed E-state index contributed by atoms with van der Waals surface area (Å²) >= 11 is 0. The van der Waals surface area contributed by atoms with Crippen molar-refractivity contribution in [1.82, 2.24) is 0 Å². The number of para-hydroxylation sites is 1. The van der Waals surface area contributed by atoms with Gasteiger partial charge in [-0.3, -0.25) is 4.79 Å². The van der Waals surface area contributed by atoms with E-state index >= 15 is 0 Å². The van der Waals surface area contributed by atoms with Crippen LogP contribution in [-0.4, -0.2) is 12.6 Å². The molecule has 22 heavy (non-hydrogen) atoms. The van der Waals surface area contributed by atoms with E-state index in [9.17, 15) is 9.59 Å². The molecule has 2 aromatic carbocycles. The van der Waals surface area contributed by atoms with Gasteiger partial charge >= 0.3 is 5.97 Å². The molecule has 0 N–H and O–H groups in total. The highest BCUT2D eigenvalue weighted by Crippen LogP contribution is 2.24. The minimum atomic E-state index is -0.499. The molecule has 3 rings (SSSR count). The van der Waals surface area contributed by atoms with E-state index in [1.54, 1.807) is 25.1 Å². The quantitative estimate of drug-likeness (QED) is 0.692. The molecule has 3 aromatic rings. The summed E-state index contributed by atoms with van der Waals surface area (Å²) in [5.41, 5.74) is 1.10. The Morgan fingerprint density at radius 1 is 1.09 bits per heavy atom. The maximum atomic E-state index is 12.3. The zero-order valence-corrected chi connectivity index (χ0v) is 12.0. The van der Waals surface area contributed by atoms with Crippen LogP contribution >= 0.6 is 0 Å². The van der Waals surface area contributed by atoms with Crippen LogP contribution in [-0.2, 0) is 4.74 Å². The molecule has 0 aliphatic heterocycles. The summed E-state index contributed by atoms with van der Waals surface area (Å²) in [6.07, 6.45) is 0. The van der Waals surface area contributed by atoms with Crippen LogP contribution in [0.4, 0.5) is 0 Å². The SMILES string of the molecule is CCOC(=O)c1cccc2c(=O)cc(-c3ccccc3)oc12. The molecular formula is C18H14O4. The van der Waals surface area contributed by atoms with E-state index in [4.69, 9.17) is 9.15 Å². The van der Waals surface area contributed by atoms with Crippen LogP contribution < -0.4 is 5.43 Å². The predicted molar refractivity (Wildman–Crippen MR) is 83.9 cm³/mol. The molecule has 0 aliphatic rings. The highest BCUT2D eigenvalue weighted by Gasteiger charge is 2.16. The number of hydrogen-bond donors (Lipinski definition) is 0. The number of esters is 1. The molecule has 0 fully saturated rings. The molecule has 1 aromatic heterocycles. The van der Waals surface area contributed by atoms with Gasteiger partial charge in [-0.05, 0) is 19.1 Å². The van der Waals surface area contributed by atoms with Crippen LogP contribution in [0.3, 0.4) is 0 Å². The fourth-order valence-electron chi connectivity index (χ4n) is 2.29. The van der Waals surface area contributed by atoms with Gasteiger partial charge in [-0.2, -0.15) is 0 Å². The Hall–Kier alpha value is -2.88. The van der Waals surface area contributed by atoms with Gasteiger partial charge in [0, 0.05) is 11.6 Å². The zero-order valence-electron chi connectivity index (χ0n) is 12.0. The van der Waals surface area contributed by atoms with Gasteiger partial charge < -0.3 is 9.15 Å². The number of fused-ring (bicyclic) bond motifs is 1. The number of carbonyl (C=O) groups excluding carboxylic acids is 1. The van der Waals surface area contributed by atoms with E-state index in [0.29, 0.717) is 11.1 Å². The normalized spacial score (nSPS) is 10.6. The zero-order chi connectivity index (χ0) is 15.5. The van der Waals surface area contributed by atoms with Crippen molar-refractivity contribution in [2.24, 2.45) is 0 Å². The van der Waals surface area contributed by atoms with Crippen molar-refractivity contribution in [2.75, 3.05) is 6.61 Å². The van der Waals surface area contributed by atoms with Gasteiger partial charge in [-0.15, -0.1) is 0 Å². The Morgan fingerprint density at radius 2 is 1.86 bits per heavy atom. The smallest absolute Gasteiger partial charge is 0.341 e. The molecule has 4 nitrogen and oxygen atoms in total. The Morgan fingerprint density at radius 3 is 2.59 bits per heavy atom. The monoisotopic (exact) mass is 294 g/mol. The van der Waals surface area contributed by atoms with Crippen molar-refractivity contribution in [3.05, 3.63) is 70.4 Å². The summed E-state index contributed by atoms with van der Waals surface area (Å²) < 4.78 is 10.8. The molecule has 0 spiro atoms. The van der Waals surface area contributed by atoms with E-state index in [2.05, 4.69) is 0 Å². The second-order valence-corrected chi connectivity index (χ2v) is 4.74. The molecule has 110 valence electrons. The summed E-state index contributed by atoms with van der Waals surface area (Å²) in [5, 5.41) is 0.366. The maximum Gasteiger partial charge on any atom is 0.341 e. The number of benzene rings is 2. The number of hydrogen-bond acceptors (Lipinski definition) is 4. The molecule has 0 saturated heterocycles. The van der Waals surface area contributed by atoms with Gasteiger partial charge in [0.25, 0.3) is 0 Å². The third kappa shape index (κ3) is 2.51. The number of rotatable bonds is 3. The fraction of sp³-hybridized carbons (Fsp3) is 0.111. The van der Waals surface area contributed by atoms with E-state index in [-0.39, 0.29) is 23.2 Å². The molecule has 0 radical (unpaired) electrons. The lowest BCUT2D eigenvalue weighted by molar-refractivity contribution is 0.0527. The lowest BCUT2D eigenvalue weighted by Crippen LogP contribution is -2.08. The molecule has 0 bridgehead atoms. The standard InChI is InChI=1S/C18H14O4/c1-2-21-18(20)14-10-6-9-13-15(19)11-16(22-17(13)14)12-7-4-3-5-8-12/h3-11H,2H2,1H3. The Kier molecular flexibility index (Phi) is 3.74. The summed E-state index contributed by atoms with van der Waals surface area (Å²) in [6.45, 7) is 1.99. The van der Waals surface area contributed by atoms with Crippen molar-refractivity contribution in [3.63, 3.8) is 0 Å². The average Bonchev–Trinajstić information content (AvgIpc) is 2.55. The van der Waals surface area contributed by atoms with Crippen LogP contribution in [0, 0.1) is 0 Å². The second kappa shape index (κ2) is 5.85. The lowest BCUT2D eigenvalue weighted by atomic mass is 10.1. The first kappa shape index (κ1) is 14.1. The maximum absolute atomic E-state index is 12.3. The van der Waals surface area contributed by atoms with E-state index in [1.165, 1.54) is 6.07 Å². The largest absolute Gasteiger partial charge is 0.462 e. The predicted octanol–water partition coefficient (Wildman–Crippen LogP) is 3.64. The van der Waals surface area contributed by atoms with Crippen molar-refractivity contribution < 1.29 is 13.9 Å². The second-order valence-electron chi connectivity index (χ2n) is 4.74. The molecule has 4 heteroatoms. The minimum absolute atomic E-state index is 0.189. The number of ether oxygens (including phenoxy) is 1. The molecule has 0 saturated carbocycles. The van der Waals surface area contributed by atoms with Crippen molar-refractivity contribution >= 4 is 16.9 Å². The minimum Gasteiger partial charge on any atom is -0.462 e. The Labute approximate surface area is 127 Å². The third-order valence-corrected chi connectivity index (χ3v) is 3.31. The van der Waals surface area contributed by atoms with Gasteiger partial charge in [0.2, 0.25) is 0 Å². The Balaban J connectivity index is 2.25. The van der Waals surface area contributed by atoms with Crippen molar-refractivity contribution in [2.45, 2.75) is 6.92 Å². The van der Waals surface area contributed by atoms with Crippen LogP contribution in [0.15, 0.2) is 63.8 Å². The summed E-state index contributed by atoms with van der Waals surface area (Å²) in [4.78, 5) is 24.3. The van der Waals surface area contributed by atoms with Crippen molar-refractivity contribution in [1.29, 1.82) is 0 Å². The third-order valence-electron chi connectivity index (χ3n) is 3.31. The first-order valence-electron chi connectivity index (χ1n) is 7.00. The summed E-state index contributed by atoms with van der Waals surface area (Å²) in [6, 6.07) is 15.6. The van der Waals surface area contributed by atoms with E-state index < -0.39 is 5.97 Å². The highest BCUT2D eigenvalue weighted by atomic mass is 16.5. The van der Waals surface area contributed by atoms with Crippen LogP contribution in [0.1, 0.15) is 17.3 Å². The topological polar surface area (TPSA) is 56.5 Å².